The molecular formula is C34H39P. The molecule has 1 aliphatic heterocycles. The van der Waals surface area contributed by atoms with Crippen LogP contribution >= 0.6 is 7.26 Å². The molecule has 0 spiro atoms. The quantitative estimate of drug-likeness (QED) is 0.251. The molecule has 0 aromatic heterocycles. The van der Waals surface area contributed by atoms with E-state index in [1.54, 1.807) is 22.3 Å². The van der Waals surface area contributed by atoms with E-state index < -0.39 is 7.26 Å². The van der Waals surface area contributed by atoms with Crippen LogP contribution in [0.15, 0.2) is 72.8 Å². The predicted molar refractivity (Wildman–Crippen MR) is 156 cm³/mol. The Morgan fingerprint density at radius 2 is 0.886 bits per heavy atom. The summed E-state index contributed by atoms with van der Waals surface area (Å²) in [5, 5.41) is 5.74. The van der Waals surface area contributed by atoms with Gasteiger partial charge in [-0.25, -0.2) is 0 Å². The molecule has 180 valence electrons. The van der Waals surface area contributed by atoms with Crippen LogP contribution in [0.2, 0.25) is 0 Å². The first-order valence-electron chi connectivity index (χ1n) is 14.4. The summed E-state index contributed by atoms with van der Waals surface area (Å²) in [4.78, 5) is 0. The first-order chi connectivity index (χ1) is 17.3. The van der Waals surface area contributed by atoms with E-state index in [0.717, 1.165) is 11.3 Å². The molecule has 0 bridgehead atoms. The van der Waals surface area contributed by atoms with Crippen LogP contribution in [0, 0.1) is 0 Å². The molecule has 1 heterocycles. The van der Waals surface area contributed by atoms with Crippen LogP contribution in [0.4, 0.5) is 0 Å². The summed E-state index contributed by atoms with van der Waals surface area (Å²) in [6.07, 6.45) is 17.7. The Balaban J connectivity index is 1.54. The Morgan fingerprint density at radius 3 is 1.34 bits per heavy atom. The summed E-state index contributed by atoms with van der Waals surface area (Å²) in [7, 11) is -1.61. The molecule has 3 aliphatic rings. The van der Waals surface area contributed by atoms with Crippen LogP contribution in [-0.4, -0.2) is 11.3 Å². The molecular weight excluding hydrogens is 439 g/mol. The average molecular weight is 479 g/mol. The van der Waals surface area contributed by atoms with Crippen LogP contribution in [0.1, 0.15) is 75.3 Å². The third-order valence-corrected chi connectivity index (χ3v) is 16.6. The van der Waals surface area contributed by atoms with Crippen LogP contribution in [0.5, 0.6) is 0 Å². The van der Waals surface area contributed by atoms with Crippen molar-refractivity contribution in [2.24, 2.45) is 0 Å². The first-order valence-corrected chi connectivity index (χ1v) is 16.9. The van der Waals surface area contributed by atoms with Crippen molar-refractivity contribution in [1.29, 1.82) is 0 Å². The van der Waals surface area contributed by atoms with Gasteiger partial charge in [0.1, 0.15) is 0 Å². The van der Waals surface area contributed by atoms with Gasteiger partial charge >= 0.3 is 212 Å². The van der Waals surface area contributed by atoms with Gasteiger partial charge in [-0.2, -0.15) is 0 Å². The maximum absolute atomic E-state index is 2.56. The molecule has 0 unspecified atom stereocenters. The third-order valence-electron chi connectivity index (χ3n) is 10.2. The Kier molecular flexibility index (Phi) is 5.70. The molecule has 0 nitrogen and oxygen atoms in total. The number of hydrogen-bond donors (Lipinski definition) is 0. The normalized spacial score (nSPS) is 21.8. The summed E-state index contributed by atoms with van der Waals surface area (Å²) in [6.45, 7) is 0. The molecule has 0 atom stereocenters. The van der Waals surface area contributed by atoms with Gasteiger partial charge < -0.3 is 0 Å². The number of hydrogen-bond acceptors (Lipinski definition) is 0. The SMILES string of the molecule is c1ccc2c3c(ccc2c1)C[PH](C1CCCCC1)(C1CCCCC1)Cc1ccc2ccccc2c1-3. The molecule has 0 saturated heterocycles. The molecule has 0 N–H and O–H groups in total. The van der Waals surface area contributed by atoms with E-state index in [9.17, 15) is 0 Å². The molecule has 35 heavy (non-hydrogen) atoms. The average Bonchev–Trinajstić information content (AvgIpc) is 3.10. The Hall–Kier alpha value is -2.17. The van der Waals surface area contributed by atoms with Crippen LogP contribution < -0.4 is 0 Å². The summed E-state index contributed by atoms with van der Waals surface area (Å²) in [5.41, 5.74) is 8.54. The molecule has 1 heteroatoms. The van der Waals surface area contributed by atoms with Crippen molar-refractivity contribution < 1.29 is 0 Å². The van der Waals surface area contributed by atoms with Gasteiger partial charge in [-0.15, -0.1) is 0 Å². The Bertz CT molecular complexity index is 1260. The zero-order valence-electron chi connectivity index (χ0n) is 21.1. The molecule has 7 rings (SSSR count). The second-order valence-corrected chi connectivity index (χ2v) is 16.7. The van der Waals surface area contributed by atoms with Crippen molar-refractivity contribution in [2.45, 2.75) is 87.9 Å². The number of fused-ring (bicyclic) bond motifs is 7. The van der Waals surface area contributed by atoms with E-state index >= 15 is 0 Å². The van der Waals surface area contributed by atoms with Crippen molar-refractivity contribution in [3.8, 4) is 11.1 Å². The second-order valence-electron chi connectivity index (χ2n) is 11.9. The zero-order chi connectivity index (χ0) is 23.2. The van der Waals surface area contributed by atoms with Gasteiger partial charge in [0.25, 0.3) is 0 Å². The molecule has 2 aliphatic carbocycles. The van der Waals surface area contributed by atoms with E-state index in [1.165, 1.54) is 98.1 Å². The summed E-state index contributed by atoms with van der Waals surface area (Å²) in [6, 6.07) is 28.3. The van der Waals surface area contributed by atoms with Crippen molar-refractivity contribution in [3.05, 3.63) is 83.9 Å². The van der Waals surface area contributed by atoms with Gasteiger partial charge in [0.2, 0.25) is 0 Å². The van der Waals surface area contributed by atoms with Crippen molar-refractivity contribution >= 4 is 28.8 Å². The Labute approximate surface area is 211 Å². The van der Waals surface area contributed by atoms with E-state index in [0.29, 0.717) is 0 Å². The molecule has 4 aromatic carbocycles. The van der Waals surface area contributed by atoms with Gasteiger partial charge in [0.05, 0.1) is 0 Å². The van der Waals surface area contributed by atoms with Gasteiger partial charge in [-0.3, -0.25) is 0 Å². The van der Waals surface area contributed by atoms with E-state index in [1.807, 2.05) is 0 Å². The van der Waals surface area contributed by atoms with E-state index in [2.05, 4.69) is 72.8 Å². The van der Waals surface area contributed by atoms with Gasteiger partial charge in [-0.1, -0.05) is 0 Å². The molecule has 4 aromatic rings. The minimum absolute atomic E-state index is 1.01. The minimum atomic E-state index is -1.61. The predicted octanol–water partition coefficient (Wildman–Crippen LogP) is 10.1. The van der Waals surface area contributed by atoms with Crippen molar-refractivity contribution in [1.82, 2.24) is 0 Å². The van der Waals surface area contributed by atoms with Gasteiger partial charge in [0.15, 0.2) is 0 Å². The number of rotatable bonds is 2. The molecule has 0 radical (unpaired) electrons. The summed E-state index contributed by atoms with van der Waals surface area (Å²) in [5.74, 6) is 0. The van der Waals surface area contributed by atoms with Crippen molar-refractivity contribution in [2.75, 3.05) is 0 Å². The maximum atomic E-state index is 2.56. The van der Waals surface area contributed by atoms with E-state index in [-0.39, 0.29) is 0 Å². The zero-order valence-corrected chi connectivity index (χ0v) is 22.1. The van der Waals surface area contributed by atoms with Crippen molar-refractivity contribution in [3.63, 3.8) is 0 Å². The summed E-state index contributed by atoms with van der Waals surface area (Å²) < 4.78 is 0. The van der Waals surface area contributed by atoms with Crippen LogP contribution in [0.3, 0.4) is 0 Å². The standard InChI is InChI=1S/C34H39P/c1-3-13-29(14-4-1)35(30-15-5-2-6-16-30)23-27-21-19-25-11-7-9-17-31(25)33(27)34-28(24-35)22-20-26-12-8-10-18-32(26)34/h7-12,17-22,29-30,35H,1-6,13-16,23-24H2. The molecule has 0 amide bonds. The fourth-order valence-corrected chi connectivity index (χ4v) is 15.6. The number of benzene rings is 4. The van der Waals surface area contributed by atoms with Crippen LogP contribution in [-0.2, 0) is 12.3 Å². The Morgan fingerprint density at radius 1 is 0.457 bits per heavy atom. The van der Waals surface area contributed by atoms with Gasteiger partial charge in [-0.05, 0) is 0 Å². The molecule has 2 fully saturated rings. The monoisotopic (exact) mass is 478 g/mol. The van der Waals surface area contributed by atoms with Crippen LogP contribution in [0.25, 0.3) is 32.7 Å². The van der Waals surface area contributed by atoms with E-state index in [4.69, 9.17) is 0 Å². The topological polar surface area (TPSA) is 0 Å². The first kappa shape index (κ1) is 22.1. The second kappa shape index (κ2) is 9.05. The van der Waals surface area contributed by atoms with Gasteiger partial charge in [0, 0.05) is 0 Å². The fraction of sp³-hybridized carbons (Fsp3) is 0.412. The third kappa shape index (κ3) is 3.67. The summed E-state index contributed by atoms with van der Waals surface area (Å²) >= 11 is 0. The molecule has 2 saturated carbocycles. The fourth-order valence-electron chi connectivity index (χ4n) is 8.56.